The summed E-state index contributed by atoms with van der Waals surface area (Å²) >= 11 is 0. The molecule has 184 valence electrons. The summed E-state index contributed by atoms with van der Waals surface area (Å²) in [4.78, 5) is 29.6. The van der Waals surface area contributed by atoms with Crippen molar-refractivity contribution in [3.63, 3.8) is 0 Å². The van der Waals surface area contributed by atoms with Gasteiger partial charge >= 0.3 is 0 Å². The molecule has 3 unspecified atom stereocenters. The first-order valence-electron chi connectivity index (χ1n) is 13.8. The average Bonchev–Trinajstić information content (AvgIpc) is 3.37. The first-order valence-corrected chi connectivity index (χ1v) is 12.3. The normalized spacial score (nSPS) is 36.9. The van der Waals surface area contributed by atoms with E-state index in [1.165, 1.54) is 0 Å². The Hall–Kier alpha value is -3.00. The second-order valence-electron chi connectivity index (χ2n) is 11.9. The number of aromatic nitrogens is 1. The van der Waals surface area contributed by atoms with Crippen molar-refractivity contribution >= 4 is 28.8 Å². The molecule has 6 aliphatic rings. The van der Waals surface area contributed by atoms with E-state index in [1.807, 2.05) is 39.8 Å². The number of amides is 2. The molecule has 5 aliphatic heterocycles. The Bertz CT molecular complexity index is 1490. The highest BCUT2D eigenvalue weighted by molar-refractivity contribution is 6.07. The molecule has 4 atom stereocenters. The highest BCUT2D eigenvalue weighted by Crippen LogP contribution is 2.63. The Morgan fingerprint density at radius 1 is 1.26 bits per heavy atom. The maximum atomic E-state index is 14.4. The molecule has 1 aromatic heterocycles. The fourth-order valence-electron chi connectivity index (χ4n) is 7.89. The fraction of sp³-hybridized carbons (Fsp3) is 0.556. The van der Waals surface area contributed by atoms with Crippen LogP contribution in [-0.2, 0) is 19.7 Å². The summed E-state index contributed by atoms with van der Waals surface area (Å²) in [7, 11) is -2.87. The smallest absolute Gasteiger partial charge is 0.252 e. The SMILES string of the molecule is [2H]C([2H])([2H])OC1c2c(n(O)c3c4c(ccc23)OC(C)(C)C=C4)C(C)(C)C2CC34CCCN3C(=O)[C@@]12NC4=O. The summed E-state index contributed by atoms with van der Waals surface area (Å²) in [5, 5.41) is 15.4. The fourth-order valence-corrected chi connectivity index (χ4v) is 7.89. The third kappa shape index (κ3) is 2.15. The van der Waals surface area contributed by atoms with E-state index in [9.17, 15) is 14.8 Å². The molecule has 6 heterocycles. The van der Waals surface area contributed by atoms with E-state index < -0.39 is 41.2 Å². The number of rotatable bonds is 1. The molecular formula is C27H31N3O5. The van der Waals surface area contributed by atoms with Crippen LogP contribution in [0.4, 0.5) is 0 Å². The van der Waals surface area contributed by atoms with Crippen LogP contribution in [0.3, 0.4) is 0 Å². The van der Waals surface area contributed by atoms with Gasteiger partial charge in [-0.25, -0.2) is 0 Å². The minimum atomic E-state index is -2.87. The molecule has 8 heteroatoms. The van der Waals surface area contributed by atoms with E-state index in [4.69, 9.17) is 13.6 Å². The van der Waals surface area contributed by atoms with Gasteiger partial charge in [-0.05, 0) is 57.4 Å². The van der Waals surface area contributed by atoms with Gasteiger partial charge in [0.05, 0.1) is 15.3 Å². The van der Waals surface area contributed by atoms with Crippen molar-refractivity contribution < 1.29 is 28.4 Å². The van der Waals surface area contributed by atoms with Crippen LogP contribution in [0, 0.1) is 5.92 Å². The van der Waals surface area contributed by atoms with Gasteiger partial charge in [0, 0.05) is 41.4 Å². The number of hydrogen-bond acceptors (Lipinski definition) is 5. The quantitative estimate of drug-likeness (QED) is 0.611. The number of methoxy groups -OCH3 is 1. The minimum absolute atomic E-state index is 0.257. The summed E-state index contributed by atoms with van der Waals surface area (Å²) in [5.74, 6) is -0.485. The average molecular weight is 481 g/mol. The molecule has 8 rings (SSSR count). The van der Waals surface area contributed by atoms with Gasteiger partial charge in [0.1, 0.15) is 23.0 Å². The largest absolute Gasteiger partial charge is 0.483 e. The number of nitrogens with one attached hydrogen (secondary N) is 1. The number of piperidine rings is 2. The maximum Gasteiger partial charge on any atom is 0.252 e. The first kappa shape index (κ1) is 18.3. The van der Waals surface area contributed by atoms with Crippen molar-refractivity contribution in [2.24, 2.45) is 5.92 Å². The molecule has 8 nitrogen and oxygen atoms in total. The van der Waals surface area contributed by atoms with E-state index >= 15 is 0 Å². The Balaban J connectivity index is 1.56. The number of carbonyl (C=O) groups excluding carboxylic acids is 2. The highest BCUT2D eigenvalue weighted by atomic mass is 16.5. The van der Waals surface area contributed by atoms with E-state index in [0.717, 1.165) is 4.73 Å². The summed E-state index contributed by atoms with van der Waals surface area (Å²) < 4.78 is 37.2. The van der Waals surface area contributed by atoms with Crippen molar-refractivity contribution in [1.82, 2.24) is 14.9 Å². The lowest BCUT2D eigenvalue weighted by Crippen LogP contribution is -2.85. The number of ether oxygens (including phenoxy) is 2. The molecule has 0 saturated carbocycles. The third-order valence-corrected chi connectivity index (χ3v) is 9.37. The monoisotopic (exact) mass is 480 g/mol. The van der Waals surface area contributed by atoms with Crippen LogP contribution >= 0.6 is 0 Å². The second-order valence-corrected chi connectivity index (χ2v) is 11.9. The molecule has 2 N–H and O–H groups in total. The summed E-state index contributed by atoms with van der Waals surface area (Å²) in [5.41, 5.74) is -1.94. The number of nitrogens with zero attached hydrogens (tertiary/aromatic N) is 2. The second kappa shape index (κ2) is 6.03. The lowest BCUT2D eigenvalue weighted by Gasteiger charge is -2.65. The summed E-state index contributed by atoms with van der Waals surface area (Å²) in [6.45, 7) is 8.22. The number of hydrogen-bond donors (Lipinski definition) is 2. The van der Waals surface area contributed by atoms with E-state index in [0.29, 0.717) is 59.3 Å². The standard InChI is InChI=1S/C27H31N3O5/c1-24(2)11-9-14-16(35-24)8-7-15-18-20(30(33)19(14)15)25(3,4)17-13-26-10-6-12-29(26)23(32)27(17,21(18)34-5)28-22(26)31/h7-9,11,17,21,33H,6,10,12-13H2,1-5H3,(H,28,31)/t17?,21?,26?,27-/m0/s1/i5D3. The zero-order chi connectivity index (χ0) is 27.2. The molecule has 2 amide bonds. The molecule has 2 spiro atoms. The molecule has 1 aromatic carbocycles. The van der Waals surface area contributed by atoms with Crippen molar-refractivity contribution in [2.75, 3.05) is 13.6 Å². The predicted octanol–water partition coefficient (Wildman–Crippen LogP) is 3.29. The van der Waals surface area contributed by atoms with E-state index in [2.05, 4.69) is 5.32 Å². The van der Waals surface area contributed by atoms with Crippen LogP contribution in [0.2, 0.25) is 0 Å². The highest BCUT2D eigenvalue weighted by Gasteiger charge is 2.76. The summed E-state index contributed by atoms with van der Waals surface area (Å²) in [6, 6.07) is 3.57. The summed E-state index contributed by atoms with van der Waals surface area (Å²) in [6.07, 6.45) is 4.08. The zero-order valence-electron chi connectivity index (χ0n) is 23.3. The molecule has 2 bridgehead atoms. The van der Waals surface area contributed by atoms with Crippen LogP contribution in [0.5, 0.6) is 5.75 Å². The Labute approximate surface area is 208 Å². The molecule has 1 aliphatic carbocycles. The molecular weight excluding hydrogens is 446 g/mol. The lowest BCUT2D eigenvalue weighted by molar-refractivity contribution is -0.193. The number of carbonyl (C=O) groups is 2. The zero-order valence-corrected chi connectivity index (χ0v) is 20.3. The predicted molar refractivity (Wildman–Crippen MR) is 128 cm³/mol. The van der Waals surface area contributed by atoms with Crippen molar-refractivity contribution in [1.29, 1.82) is 0 Å². The number of benzene rings is 1. The van der Waals surface area contributed by atoms with Gasteiger partial charge in [-0.2, -0.15) is 4.73 Å². The number of fused-ring (bicyclic) bond motifs is 6. The number of piperazine rings is 1. The van der Waals surface area contributed by atoms with Gasteiger partial charge in [0.25, 0.3) is 5.91 Å². The van der Waals surface area contributed by atoms with Gasteiger partial charge in [0.15, 0.2) is 5.54 Å². The lowest BCUT2D eigenvalue weighted by atomic mass is 9.50. The molecule has 0 radical (unpaired) electrons. The third-order valence-electron chi connectivity index (χ3n) is 9.37. The van der Waals surface area contributed by atoms with Crippen LogP contribution in [0.1, 0.15) is 74.0 Å². The van der Waals surface area contributed by atoms with Gasteiger partial charge < -0.3 is 24.9 Å². The van der Waals surface area contributed by atoms with Gasteiger partial charge in [-0.3, -0.25) is 9.59 Å². The molecule has 4 saturated heterocycles. The Kier molecular flexibility index (Phi) is 3.15. The van der Waals surface area contributed by atoms with Crippen molar-refractivity contribution in [3.05, 3.63) is 35.0 Å². The van der Waals surface area contributed by atoms with Crippen molar-refractivity contribution in [3.8, 4) is 5.75 Å². The van der Waals surface area contributed by atoms with E-state index in [-0.39, 0.29) is 11.8 Å². The van der Waals surface area contributed by atoms with Crippen LogP contribution in [0.25, 0.3) is 17.0 Å². The Morgan fingerprint density at radius 2 is 2.06 bits per heavy atom. The van der Waals surface area contributed by atoms with Gasteiger partial charge in [-0.15, -0.1) is 0 Å². The van der Waals surface area contributed by atoms with Crippen LogP contribution in [0.15, 0.2) is 18.2 Å². The van der Waals surface area contributed by atoms with Crippen molar-refractivity contribution in [2.45, 2.75) is 75.2 Å². The maximum absolute atomic E-state index is 14.4. The molecule has 4 fully saturated rings. The van der Waals surface area contributed by atoms with Gasteiger partial charge in [0.2, 0.25) is 5.91 Å². The van der Waals surface area contributed by atoms with Gasteiger partial charge in [-0.1, -0.05) is 13.8 Å². The minimum Gasteiger partial charge on any atom is -0.483 e. The topological polar surface area (TPSA) is 93.0 Å². The molecule has 35 heavy (non-hydrogen) atoms. The van der Waals surface area contributed by atoms with E-state index in [1.54, 1.807) is 17.0 Å². The van der Waals surface area contributed by atoms with Crippen LogP contribution < -0.4 is 10.1 Å². The Morgan fingerprint density at radius 3 is 2.83 bits per heavy atom. The molecule has 2 aromatic rings. The van der Waals surface area contributed by atoms with Crippen LogP contribution in [-0.4, -0.2) is 56.9 Å². The first-order chi connectivity index (χ1) is 17.6.